The average Bonchev–Trinajstić information content (AvgIpc) is 3.05. The molecule has 0 radical (unpaired) electrons. The monoisotopic (exact) mass is 371 g/mol. The molecule has 3 rings (SSSR count). The largest absolute Gasteiger partial charge is 0.462 e. The van der Waals surface area contributed by atoms with E-state index in [-0.39, 0.29) is 12.2 Å². The maximum absolute atomic E-state index is 12.2. The topological polar surface area (TPSA) is 81.9 Å². The maximum atomic E-state index is 12.2. The summed E-state index contributed by atoms with van der Waals surface area (Å²) >= 11 is 6.18. The molecule has 1 aromatic carbocycles. The zero-order valence-corrected chi connectivity index (χ0v) is 15.4. The number of nitrogens with zero attached hydrogens (tertiary/aromatic N) is 4. The number of carbonyl (C=O) groups is 1. The Morgan fingerprint density at radius 2 is 2.12 bits per heavy atom. The molecule has 134 valence electrons. The van der Waals surface area contributed by atoms with Gasteiger partial charge in [0.05, 0.1) is 12.8 Å². The molecule has 2 heterocycles. The highest BCUT2D eigenvalue weighted by molar-refractivity contribution is 6.31. The van der Waals surface area contributed by atoms with Crippen molar-refractivity contribution in [3.63, 3.8) is 0 Å². The van der Waals surface area contributed by atoms with Crippen LogP contribution in [0.1, 0.15) is 28.4 Å². The van der Waals surface area contributed by atoms with Crippen LogP contribution >= 0.6 is 11.6 Å². The lowest BCUT2D eigenvalue weighted by atomic mass is 10.2. The number of rotatable bonds is 5. The van der Waals surface area contributed by atoms with Crippen molar-refractivity contribution in [1.29, 1.82) is 0 Å². The van der Waals surface area contributed by atoms with Gasteiger partial charge in [0.2, 0.25) is 0 Å². The molecule has 0 saturated carbocycles. The lowest BCUT2D eigenvalue weighted by Gasteiger charge is -2.12. The fourth-order valence-electron chi connectivity index (χ4n) is 2.27. The molecule has 0 unspecified atom stereocenters. The maximum Gasteiger partial charge on any atom is 0.343 e. The van der Waals surface area contributed by atoms with Crippen molar-refractivity contribution in [2.75, 3.05) is 11.9 Å². The number of anilines is 2. The van der Waals surface area contributed by atoms with E-state index in [2.05, 4.69) is 20.4 Å². The Morgan fingerprint density at radius 3 is 2.77 bits per heavy atom. The summed E-state index contributed by atoms with van der Waals surface area (Å²) in [6, 6.07) is 5.51. The van der Waals surface area contributed by atoms with E-state index in [4.69, 9.17) is 16.3 Å². The van der Waals surface area contributed by atoms with Crippen LogP contribution in [0.5, 0.6) is 0 Å². The first-order valence-corrected chi connectivity index (χ1v) is 8.44. The van der Waals surface area contributed by atoms with E-state index in [0.717, 1.165) is 11.1 Å². The Balaban J connectivity index is 2.02. The molecular formula is C18H18ClN5O2. The van der Waals surface area contributed by atoms with Crippen LogP contribution in [-0.4, -0.2) is 32.3 Å². The molecular weight excluding hydrogens is 354 g/mol. The van der Waals surface area contributed by atoms with Crippen LogP contribution in [0.2, 0.25) is 5.02 Å². The highest BCUT2D eigenvalue weighted by Gasteiger charge is 2.17. The number of aromatic nitrogens is 4. The van der Waals surface area contributed by atoms with Crippen LogP contribution < -0.4 is 5.32 Å². The highest BCUT2D eigenvalue weighted by atomic mass is 35.5. The van der Waals surface area contributed by atoms with Crippen molar-refractivity contribution in [3.05, 3.63) is 58.5 Å². The molecule has 1 N–H and O–H groups in total. The summed E-state index contributed by atoms with van der Waals surface area (Å²) in [5.41, 5.74) is 2.87. The van der Waals surface area contributed by atoms with Gasteiger partial charge < -0.3 is 10.1 Å². The fraction of sp³-hybridized carbons (Fsp3) is 0.222. The first-order valence-electron chi connectivity index (χ1n) is 8.07. The number of esters is 1. The minimum atomic E-state index is -0.503. The molecule has 3 aromatic rings. The Morgan fingerprint density at radius 1 is 1.31 bits per heavy atom. The summed E-state index contributed by atoms with van der Waals surface area (Å²) in [5, 5.41) is 7.93. The number of hydrogen-bond acceptors (Lipinski definition) is 6. The minimum absolute atomic E-state index is 0.233. The van der Waals surface area contributed by atoms with Gasteiger partial charge in [0.25, 0.3) is 5.95 Å². The number of nitrogens with one attached hydrogen (secondary N) is 1. The van der Waals surface area contributed by atoms with E-state index in [0.29, 0.717) is 22.5 Å². The van der Waals surface area contributed by atoms with Crippen molar-refractivity contribution in [1.82, 2.24) is 19.7 Å². The molecule has 0 amide bonds. The fourth-order valence-corrected chi connectivity index (χ4v) is 2.45. The molecule has 0 atom stereocenters. The molecule has 0 fully saturated rings. The van der Waals surface area contributed by atoms with Crippen molar-refractivity contribution < 1.29 is 9.53 Å². The van der Waals surface area contributed by atoms with Crippen LogP contribution in [0.15, 0.2) is 36.8 Å². The lowest BCUT2D eigenvalue weighted by Crippen LogP contribution is -2.13. The van der Waals surface area contributed by atoms with Gasteiger partial charge in [-0.15, -0.1) is 0 Å². The zero-order valence-electron chi connectivity index (χ0n) is 14.7. The van der Waals surface area contributed by atoms with E-state index >= 15 is 0 Å². The number of ether oxygens (including phenoxy) is 1. The number of aryl methyl sites for hydroxylation is 2. The summed E-state index contributed by atoms with van der Waals surface area (Å²) in [7, 11) is 0. The van der Waals surface area contributed by atoms with E-state index in [1.807, 2.05) is 26.0 Å². The quantitative estimate of drug-likeness (QED) is 0.686. The van der Waals surface area contributed by atoms with Crippen molar-refractivity contribution in [3.8, 4) is 5.95 Å². The molecule has 0 saturated heterocycles. The standard InChI is InChI=1S/C18H18ClN5O2/c1-4-26-17(25)14-9-20-18(24-10-11(2)8-21-24)23-16(14)22-13-6-5-12(3)15(19)7-13/h5-10H,4H2,1-3H3,(H,20,22,23). The molecule has 0 bridgehead atoms. The van der Waals surface area contributed by atoms with E-state index < -0.39 is 5.97 Å². The predicted molar refractivity (Wildman–Crippen MR) is 99.3 cm³/mol. The molecule has 0 aliphatic rings. The predicted octanol–water partition coefficient (Wildman–Crippen LogP) is 3.85. The molecule has 7 nitrogen and oxygen atoms in total. The summed E-state index contributed by atoms with van der Waals surface area (Å²) in [4.78, 5) is 20.9. The smallest absolute Gasteiger partial charge is 0.343 e. The van der Waals surface area contributed by atoms with Gasteiger partial charge in [-0.05, 0) is 44.0 Å². The lowest BCUT2D eigenvalue weighted by molar-refractivity contribution is 0.0526. The number of hydrogen-bond donors (Lipinski definition) is 1. The summed E-state index contributed by atoms with van der Waals surface area (Å²) in [6.07, 6.45) is 4.93. The number of carbonyl (C=O) groups excluding carboxylic acids is 1. The van der Waals surface area contributed by atoms with Crippen molar-refractivity contribution in [2.24, 2.45) is 0 Å². The third kappa shape index (κ3) is 3.83. The molecule has 0 aliphatic carbocycles. The van der Waals surface area contributed by atoms with Crippen LogP contribution in [0.25, 0.3) is 5.95 Å². The third-order valence-electron chi connectivity index (χ3n) is 3.62. The summed E-state index contributed by atoms with van der Waals surface area (Å²) in [6.45, 7) is 5.84. The molecule has 0 spiro atoms. The normalized spacial score (nSPS) is 10.6. The number of halogens is 1. The first kappa shape index (κ1) is 17.9. The van der Waals surface area contributed by atoms with Gasteiger partial charge in [-0.25, -0.2) is 14.5 Å². The Labute approximate surface area is 156 Å². The Kier molecular flexibility index (Phi) is 5.18. The summed E-state index contributed by atoms with van der Waals surface area (Å²) < 4.78 is 6.63. The van der Waals surface area contributed by atoms with Crippen molar-refractivity contribution >= 4 is 29.1 Å². The van der Waals surface area contributed by atoms with E-state index in [9.17, 15) is 4.79 Å². The van der Waals surface area contributed by atoms with Gasteiger partial charge in [-0.1, -0.05) is 17.7 Å². The second-order valence-electron chi connectivity index (χ2n) is 5.70. The third-order valence-corrected chi connectivity index (χ3v) is 4.03. The summed E-state index contributed by atoms with van der Waals surface area (Å²) in [5.74, 6) is 0.157. The second kappa shape index (κ2) is 7.53. The average molecular weight is 372 g/mol. The number of benzene rings is 1. The molecule has 0 aliphatic heterocycles. The van der Waals surface area contributed by atoms with Gasteiger partial charge >= 0.3 is 5.97 Å². The SMILES string of the molecule is CCOC(=O)c1cnc(-n2cc(C)cn2)nc1Nc1ccc(C)c(Cl)c1. The van der Waals surface area contributed by atoms with E-state index in [1.54, 1.807) is 25.4 Å². The van der Waals surface area contributed by atoms with E-state index in [1.165, 1.54) is 10.9 Å². The van der Waals surface area contributed by atoms with Crippen LogP contribution in [0.4, 0.5) is 11.5 Å². The Hall–Kier alpha value is -2.93. The van der Waals surface area contributed by atoms with Crippen LogP contribution in [0.3, 0.4) is 0 Å². The highest BCUT2D eigenvalue weighted by Crippen LogP contribution is 2.25. The first-order chi connectivity index (χ1) is 12.5. The van der Waals surface area contributed by atoms with Gasteiger partial charge in [0.1, 0.15) is 5.56 Å². The molecule has 26 heavy (non-hydrogen) atoms. The Bertz CT molecular complexity index is 955. The minimum Gasteiger partial charge on any atom is -0.462 e. The molecule has 2 aromatic heterocycles. The van der Waals surface area contributed by atoms with Gasteiger partial charge in [0, 0.05) is 23.1 Å². The van der Waals surface area contributed by atoms with Crippen molar-refractivity contribution in [2.45, 2.75) is 20.8 Å². The van der Waals surface area contributed by atoms with Gasteiger partial charge in [0.15, 0.2) is 5.82 Å². The second-order valence-corrected chi connectivity index (χ2v) is 6.11. The van der Waals surface area contributed by atoms with Crippen LogP contribution in [-0.2, 0) is 4.74 Å². The van der Waals surface area contributed by atoms with Crippen LogP contribution in [0, 0.1) is 13.8 Å². The molecule has 8 heteroatoms. The van der Waals surface area contributed by atoms with Gasteiger partial charge in [-0.3, -0.25) is 0 Å². The van der Waals surface area contributed by atoms with Gasteiger partial charge in [-0.2, -0.15) is 10.1 Å². The zero-order chi connectivity index (χ0) is 18.7.